The lowest BCUT2D eigenvalue weighted by molar-refractivity contribution is -0.0526. The molecule has 0 heterocycles. The monoisotopic (exact) mass is 259 g/mol. The standard InChI is InChI=1S/C7H5F4NO3S/c8-3-1-4(15-7(10)11)6(9)5(2-3)16(12,13)14/h1-2,7H,(H2,12,13,14). The molecule has 0 spiro atoms. The molecule has 0 aromatic heterocycles. The van der Waals surface area contributed by atoms with Crippen molar-refractivity contribution in [2.75, 3.05) is 0 Å². The highest BCUT2D eigenvalue weighted by molar-refractivity contribution is 7.89. The van der Waals surface area contributed by atoms with Gasteiger partial charge in [0, 0.05) is 6.07 Å². The Balaban J connectivity index is 3.38. The van der Waals surface area contributed by atoms with Crippen LogP contribution < -0.4 is 9.88 Å². The Kier molecular flexibility index (Phi) is 3.38. The number of benzene rings is 1. The zero-order valence-electron chi connectivity index (χ0n) is 7.45. The first kappa shape index (κ1) is 12.7. The van der Waals surface area contributed by atoms with Crippen molar-refractivity contribution >= 4 is 10.0 Å². The number of halogens is 4. The molecule has 0 atom stereocenters. The summed E-state index contributed by atoms with van der Waals surface area (Å²) < 4.78 is 74.7. The van der Waals surface area contributed by atoms with Crippen LogP contribution in [0.3, 0.4) is 0 Å². The number of rotatable bonds is 3. The number of primary sulfonamides is 1. The number of nitrogens with two attached hydrogens (primary N) is 1. The Bertz CT molecular complexity index is 503. The van der Waals surface area contributed by atoms with Crippen LogP contribution in [-0.4, -0.2) is 15.0 Å². The van der Waals surface area contributed by atoms with Crippen molar-refractivity contribution in [1.82, 2.24) is 0 Å². The molecule has 16 heavy (non-hydrogen) atoms. The fourth-order valence-electron chi connectivity index (χ4n) is 0.929. The number of hydrogen-bond acceptors (Lipinski definition) is 3. The van der Waals surface area contributed by atoms with Gasteiger partial charge in [-0.05, 0) is 6.07 Å². The van der Waals surface area contributed by atoms with Crippen molar-refractivity contribution in [3.63, 3.8) is 0 Å². The van der Waals surface area contributed by atoms with Crippen molar-refractivity contribution < 1.29 is 30.7 Å². The molecule has 0 radical (unpaired) electrons. The zero-order chi connectivity index (χ0) is 12.5. The number of alkyl halides is 2. The van der Waals surface area contributed by atoms with Crippen molar-refractivity contribution in [1.29, 1.82) is 0 Å². The SMILES string of the molecule is NS(=O)(=O)c1cc(F)cc(OC(F)F)c1F. The summed E-state index contributed by atoms with van der Waals surface area (Å²) in [5.41, 5.74) is 0. The molecule has 1 rings (SSSR count). The largest absolute Gasteiger partial charge is 0.432 e. The molecule has 0 aliphatic heterocycles. The van der Waals surface area contributed by atoms with Crippen LogP contribution in [0.1, 0.15) is 0 Å². The van der Waals surface area contributed by atoms with Gasteiger partial charge in [0.05, 0.1) is 0 Å². The second kappa shape index (κ2) is 4.26. The van der Waals surface area contributed by atoms with E-state index in [0.29, 0.717) is 0 Å². The van der Waals surface area contributed by atoms with Gasteiger partial charge < -0.3 is 4.74 Å². The third-order valence-corrected chi connectivity index (χ3v) is 2.40. The van der Waals surface area contributed by atoms with Crippen LogP contribution in [0.15, 0.2) is 17.0 Å². The van der Waals surface area contributed by atoms with Crippen LogP contribution in [0.5, 0.6) is 5.75 Å². The first-order chi connectivity index (χ1) is 7.21. The van der Waals surface area contributed by atoms with Crippen molar-refractivity contribution in [2.45, 2.75) is 11.5 Å². The van der Waals surface area contributed by atoms with E-state index in [9.17, 15) is 26.0 Å². The summed E-state index contributed by atoms with van der Waals surface area (Å²) in [6, 6.07) is 0.555. The third-order valence-electron chi connectivity index (χ3n) is 1.49. The van der Waals surface area contributed by atoms with Gasteiger partial charge in [-0.3, -0.25) is 0 Å². The first-order valence-corrected chi connectivity index (χ1v) is 5.23. The molecule has 0 amide bonds. The summed E-state index contributed by atoms with van der Waals surface area (Å²) in [6.45, 7) is -3.41. The van der Waals surface area contributed by atoms with Gasteiger partial charge in [0.1, 0.15) is 10.7 Å². The smallest absolute Gasteiger partial charge is 0.387 e. The number of sulfonamides is 1. The quantitative estimate of drug-likeness (QED) is 0.829. The van der Waals surface area contributed by atoms with E-state index in [0.717, 1.165) is 0 Å². The second-order valence-corrected chi connectivity index (χ2v) is 4.17. The lowest BCUT2D eigenvalue weighted by Gasteiger charge is -2.08. The van der Waals surface area contributed by atoms with E-state index in [2.05, 4.69) is 9.88 Å². The fourth-order valence-corrected chi connectivity index (χ4v) is 1.56. The molecular weight excluding hydrogens is 254 g/mol. The van der Waals surface area contributed by atoms with Gasteiger partial charge in [-0.15, -0.1) is 0 Å². The van der Waals surface area contributed by atoms with Crippen molar-refractivity contribution in [3.05, 3.63) is 23.8 Å². The molecule has 0 unspecified atom stereocenters. The third kappa shape index (κ3) is 2.83. The van der Waals surface area contributed by atoms with Crippen LogP contribution in [0, 0.1) is 11.6 Å². The van der Waals surface area contributed by atoms with Gasteiger partial charge in [-0.1, -0.05) is 0 Å². The summed E-state index contributed by atoms with van der Waals surface area (Å²) in [5, 5.41) is 4.55. The van der Waals surface area contributed by atoms with Crippen molar-refractivity contribution in [2.24, 2.45) is 5.14 Å². The van der Waals surface area contributed by atoms with E-state index < -0.39 is 38.9 Å². The topological polar surface area (TPSA) is 69.4 Å². The fraction of sp³-hybridized carbons (Fsp3) is 0.143. The number of hydrogen-bond donors (Lipinski definition) is 1. The number of ether oxygens (including phenoxy) is 1. The molecule has 1 aromatic rings. The minimum absolute atomic E-state index is 0.267. The molecule has 0 bridgehead atoms. The predicted molar refractivity (Wildman–Crippen MR) is 44.4 cm³/mol. The van der Waals surface area contributed by atoms with Gasteiger partial charge in [0.15, 0.2) is 11.6 Å². The average Bonchev–Trinajstić information content (AvgIpc) is 2.07. The summed E-state index contributed by atoms with van der Waals surface area (Å²) in [7, 11) is -4.55. The molecule has 0 saturated heterocycles. The highest BCUT2D eigenvalue weighted by Crippen LogP contribution is 2.26. The van der Waals surface area contributed by atoms with Crippen LogP contribution in [0.25, 0.3) is 0 Å². The Morgan fingerprint density at radius 1 is 1.25 bits per heavy atom. The van der Waals surface area contributed by atoms with E-state index >= 15 is 0 Å². The zero-order valence-corrected chi connectivity index (χ0v) is 8.27. The Morgan fingerprint density at radius 3 is 2.25 bits per heavy atom. The normalized spacial score (nSPS) is 11.9. The van der Waals surface area contributed by atoms with E-state index in [4.69, 9.17) is 0 Å². The highest BCUT2D eigenvalue weighted by atomic mass is 32.2. The van der Waals surface area contributed by atoms with Crippen LogP contribution >= 0.6 is 0 Å². The maximum atomic E-state index is 13.2. The summed E-state index contributed by atoms with van der Waals surface area (Å²) in [6.07, 6.45) is 0. The molecule has 0 aliphatic carbocycles. The summed E-state index contributed by atoms with van der Waals surface area (Å²) in [4.78, 5) is -1.25. The minimum atomic E-state index is -4.55. The van der Waals surface area contributed by atoms with E-state index in [-0.39, 0.29) is 12.1 Å². The lowest BCUT2D eigenvalue weighted by Crippen LogP contribution is -2.16. The molecule has 2 N–H and O–H groups in total. The second-order valence-electron chi connectivity index (χ2n) is 2.64. The van der Waals surface area contributed by atoms with Crippen LogP contribution in [0.4, 0.5) is 17.6 Å². The van der Waals surface area contributed by atoms with Crippen LogP contribution in [0.2, 0.25) is 0 Å². The van der Waals surface area contributed by atoms with Gasteiger partial charge in [0.25, 0.3) is 0 Å². The minimum Gasteiger partial charge on any atom is -0.432 e. The van der Waals surface area contributed by atoms with Gasteiger partial charge in [-0.2, -0.15) is 8.78 Å². The van der Waals surface area contributed by atoms with Gasteiger partial charge >= 0.3 is 6.61 Å². The van der Waals surface area contributed by atoms with E-state index in [1.54, 1.807) is 0 Å². The lowest BCUT2D eigenvalue weighted by atomic mass is 10.3. The predicted octanol–water partition coefficient (Wildman–Crippen LogP) is 1.21. The maximum Gasteiger partial charge on any atom is 0.387 e. The molecule has 4 nitrogen and oxygen atoms in total. The average molecular weight is 259 g/mol. The molecule has 9 heteroatoms. The Morgan fingerprint density at radius 2 is 1.81 bits per heavy atom. The molecule has 1 aromatic carbocycles. The molecular formula is C7H5F4NO3S. The molecule has 0 fully saturated rings. The van der Waals surface area contributed by atoms with Gasteiger partial charge in [0.2, 0.25) is 10.0 Å². The van der Waals surface area contributed by atoms with Gasteiger partial charge in [-0.25, -0.2) is 22.3 Å². The molecule has 0 saturated carbocycles. The summed E-state index contributed by atoms with van der Waals surface area (Å²) >= 11 is 0. The Labute approximate surface area is 87.7 Å². The maximum absolute atomic E-state index is 13.2. The first-order valence-electron chi connectivity index (χ1n) is 3.68. The van der Waals surface area contributed by atoms with Crippen molar-refractivity contribution in [3.8, 4) is 5.75 Å². The summed E-state index contributed by atoms with van der Waals surface area (Å²) in [5.74, 6) is -4.15. The van der Waals surface area contributed by atoms with E-state index in [1.807, 2.05) is 0 Å². The van der Waals surface area contributed by atoms with E-state index in [1.165, 1.54) is 0 Å². The Hall–Kier alpha value is -1.35. The van der Waals surface area contributed by atoms with Crippen LogP contribution in [-0.2, 0) is 10.0 Å². The molecule has 90 valence electrons. The molecule has 0 aliphatic rings. The highest BCUT2D eigenvalue weighted by Gasteiger charge is 2.22.